The van der Waals surface area contributed by atoms with Gasteiger partial charge in [-0.25, -0.2) is 0 Å². The highest BCUT2D eigenvalue weighted by atomic mass is 35.5. The molecule has 1 aliphatic carbocycles. The lowest BCUT2D eigenvalue weighted by Crippen LogP contribution is -2.47. The van der Waals surface area contributed by atoms with Gasteiger partial charge in [-0.05, 0) is 18.9 Å². The number of halogens is 1. The molecule has 1 aliphatic rings. The summed E-state index contributed by atoms with van der Waals surface area (Å²) < 4.78 is 5.12. The van der Waals surface area contributed by atoms with E-state index in [0.717, 1.165) is 25.7 Å². The minimum absolute atomic E-state index is 0. The average molecular weight is 302 g/mol. The number of hydrogen-bond acceptors (Lipinski definition) is 4. The fourth-order valence-corrected chi connectivity index (χ4v) is 2.50. The quantitative estimate of drug-likeness (QED) is 0.768. The van der Waals surface area contributed by atoms with Crippen LogP contribution in [0.5, 0.6) is 0 Å². The lowest BCUT2D eigenvalue weighted by Gasteiger charge is -2.29. The van der Waals surface area contributed by atoms with Crippen molar-refractivity contribution < 1.29 is 14.0 Å². The van der Waals surface area contributed by atoms with E-state index >= 15 is 0 Å². The Kier molecular flexibility index (Phi) is 6.04. The van der Waals surface area contributed by atoms with Gasteiger partial charge in [0.15, 0.2) is 0 Å². The van der Waals surface area contributed by atoms with Crippen LogP contribution in [0.2, 0.25) is 0 Å². The Bertz CT molecular complexity index is 475. The second-order valence-electron chi connectivity index (χ2n) is 4.88. The maximum atomic E-state index is 12.0. The smallest absolute Gasteiger partial charge is 0.254 e. The predicted molar refractivity (Wildman–Crippen MR) is 76.3 cm³/mol. The van der Waals surface area contributed by atoms with Gasteiger partial charge in [0, 0.05) is 6.04 Å². The Labute approximate surface area is 123 Å². The van der Waals surface area contributed by atoms with Crippen LogP contribution in [-0.2, 0) is 11.3 Å². The number of nitrogens with two attached hydrogens (primary N) is 2. The summed E-state index contributed by atoms with van der Waals surface area (Å²) in [4.78, 5) is 23.4. The maximum Gasteiger partial charge on any atom is 0.254 e. The van der Waals surface area contributed by atoms with E-state index in [1.807, 2.05) is 0 Å². The summed E-state index contributed by atoms with van der Waals surface area (Å²) >= 11 is 0. The van der Waals surface area contributed by atoms with Crippen LogP contribution in [0.3, 0.4) is 0 Å². The molecule has 0 aliphatic heterocycles. The zero-order valence-electron chi connectivity index (χ0n) is 11.1. The predicted octanol–water partition coefficient (Wildman–Crippen LogP) is 0.934. The van der Waals surface area contributed by atoms with Gasteiger partial charge < -0.3 is 21.2 Å². The van der Waals surface area contributed by atoms with E-state index in [1.165, 1.54) is 6.26 Å². The lowest BCUT2D eigenvalue weighted by atomic mass is 9.84. The topological polar surface area (TPSA) is 111 Å². The largest absolute Gasteiger partial charge is 0.467 e. The van der Waals surface area contributed by atoms with Gasteiger partial charge in [0.2, 0.25) is 5.91 Å². The van der Waals surface area contributed by atoms with Crippen LogP contribution in [0.1, 0.15) is 41.8 Å². The van der Waals surface area contributed by atoms with Crippen molar-refractivity contribution in [3.05, 3.63) is 23.7 Å². The second kappa shape index (κ2) is 7.31. The Morgan fingerprint density at radius 3 is 2.65 bits per heavy atom. The molecule has 2 amide bonds. The average Bonchev–Trinajstić information content (AvgIpc) is 2.88. The van der Waals surface area contributed by atoms with Crippen molar-refractivity contribution in [2.75, 3.05) is 0 Å². The molecule has 5 N–H and O–H groups in total. The first-order valence-electron chi connectivity index (χ1n) is 6.49. The van der Waals surface area contributed by atoms with Gasteiger partial charge in [0.05, 0.1) is 18.0 Å². The van der Waals surface area contributed by atoms with Crippen LogP contribution in [-0.4, -0.2) is 17.9 Å². The Balaban J connectivity index is 0.00000200. The third-order valence-corrected chi connectivity index (χ3v) is 3.57. The third-order valence-electron chi connectivity index (χ3n) is 3.57. The number of hydrogen-bond donors (Lipinski definition) is 3. The standard InChI is InChI=1S/C13H19N3O3.ClH/c14-6-9-5-8(7-19-9)13(18)16-11-4-2-1-3-10(11)12(15)17;/h5,7,10-11H,1-4,6,14H2,(H2,15,17)(H,16,18);1H. The van der Waals surface area contributed by atoms with Crippen LogP contribution in [0.25, 0.3) is 0 Å². The van der Waals surface area contributed by atoms with Gasteiger partial charge in [-0.15, -0.1) is 12.4 Å². The van der Waals surface area contributed by atoms with Gasteiger partial charge in [-0.3, -0.25) is 9.59 Å². The minimum atomic E-state index is -0.347. The molecule has 1 saturated carbocycles. The first kappa shape index (κ1) is 16.5. The minimum Gasteiger partial charge on any atom is -0.467 e. The molecule has 112 valence electrons. The van der Waals surface area contributed by atoms with Crippen molar-refractivity contribution in [1.82, 2.24) is 5.32 Å². The number of nitrogens with one attached hydrogen (secondary N) is 1. The summed E-state index contributed by atoms with van der Waals surface area (Å²) in [5, 5.41) is 2.86. The molecular weight excluding hydrogens is 282 g/mol. The molecule has 0 saturated heterocycles. The summed E-state index contributed by atoms with van der Waals surface area (Å²) in [6, 6.07) is 1.42. The Morgan fingerprint density at radius 1 is 1.35 bits per heavy atom. The van der Waals surface area contributed by atoms with Crippen LogP contribution >= 0.6 is 12.4 Å². The van der Waals surface area contributed by atoms with Gasteiger partial charge in [0.25, 0.3) is 5.91 Å². The van der Waals surface area contributed by atoms with Crippen LogP contribution in [0, 0.1) is 5.92 Å². The van der Waals surface area contributed by atoms with Crippen molar-refractivity contribution in [2.45, 2.75) is 38.3 Å². The van der Waals surface area contributed by atoms with E-state index in [2.05, 4.69) is 5.32 Å². The highest BCUT2D eigenvalue weighted by Crippen LogP contribution is 2.24. The number of furan rings is 1. The van der Waals surface area contributed by atoms with Crippen molar-refractivity contribution in [3.63, 3.8) is 0 Å². The molecule has 0 spiro atoms. The van der Waals surface area contributed by atoms with E-state index < -0.39 is 0 Å². The number of rotatable bonds is 4. The summed E-state index contributed by atoms with van der Waals surface area (Å²) in [7, 11) is 0. The van der Waals surface area contributed by atoms with E-state index in [4.69, 9.17) is 15.9 Å². The molecule has 6 nitrogen and oxygen atoms in total. The molecule has 1 heterocycles. The summed E-state index contributed by atoms with van der Waals surface area (Å²) in [5.41, 5.74) is 11.2. The lowest BCUT2D eigenvalue weighted by molar-refractivity contribution is -0.123. The molecule has 1 aromatic heterocycles. The molecule has 20 heavy (non-hydrogen) atoms. The zero-order valence-corrected chi connectivity index (χ0v) is 11.9. The molecular formula is C13H20ClN3O3. The molecule has 2 unspecified atom stereocenters. The van der Waals surface area contributed by atoms with Crippen molar-refractivity contribution in [1.29, 1.82) is 0 Å². The molecule has 1 aromatic rings. The van der Waals surface area contributed by atoms with E-state index in [-0.39, 0.29) is 42.7 Å². The van der Waals surface area contributed by atoms with Gasteiger partial charge in [0.1, 0.15) is 12.0 Å². The monoisotopic (exact) mass is 301 g/mol. The van der Waals surface area contributed by atoms with Gasteiger partial charge >= 0.3 is 0 Å². The van der Waals surface area contributed by atoms with E-state index in [0.29, 0.717) is 11.3 Å². The summed E-state index contributed by atoms with van der Waals surface area (Å²) in [5.74, 6) is -0.319. The van der Waals surface area contributed by atoms with Crippen molar-refractivity contribution in [2.24, 2.45) is 17.4 Å². The first-order chi connectivity index (χ1) is 9.11. The fraction of sp³-hybridized carbons (Fsp3) is 0.538. The fourth-order valence-electron chi connectivity index (χ4n) is 2.50. The second-order valence-corrected chi connectivity index (χ2v) is 4.88. The van der Waals surface area contributed by atoms with Gasteiger partial charge in [-0.1, -0.05) is 12.8 Å². The van der Waals surface area contributed by atoms with Gasteiger partial charge in [-0.2, -0.15) is 0 Å². The SMILES string of the molecule is Cl.NCc1cc(C(=O)NC2CCCCC2C(N)=O)co1. The van der Waals surface area contributed by atoms with Crippen LogP contribution in [0.15, 0.2) is 16.7 Å². The summed E-state index contributed by atoms with van der Waals surface area (Å²) in [6.45, 7) is 0.251. The van der Waals surface area contributed by atoms with Crippen molar-refractivity contribution >= 4 is 24.2 Å². The number of primary amides is 1. The molecule has 0 aromatic carbocycles. The zero-order chi connectivity index (χ0) is 13.8. The van der Waals surface area contributed by atoms with E-state index in [9.17, 15) is 9.59 Å². The molecule has 2 rings (SSSR count). The molecule has 2 atom stereocenters. The molecule has 1 fully saturated rings. The van der Waals surface area contributed by atoms with Crippen LogP contribution in [0.4, 0.5) is 0 Å². The highest BCUT2D eigenvalue weighted by molar-refractivity contribution is 5.94. The maximum absolute atomic E-state index is 12.0. The number of carbonyl (C=O) groups is 2. The van der Waals surface area contributed by atoms with E-state index in [1.54, 1.807) is 6.07 Å². The first-order valence-corrected chi connectivity index (χ1v) is 6.49. The Morgan fingerprint density at radius 2 is 2.05 bits per heavy atom. The molecule has 0 radical (unpaired) electrons. The molecule has 0 bridgehead atoms. The van der Waals surface area contributed by atoms with Crippen LogP contribution < -0.4 is 16.8 Å². The Hall–Kier alpha value is -1.53. The third kappa shape index (κ3) is 3.74. The van der Waals surface area contributed by atoms with Crippen molar-refractivity contribution in [3.8, 4) is 0 Å². The highest BCUT2D eigenvalue weighted by Gasteiger charge is 2.30. The number of amides is 2. The molecule has 7 heteroatoms. The normalized spacial score (nSPS) is 21.9. The summed E-state index contributed by atoms with van der Waals surface area (Å²) in [6.07, 6.45) is 4.86. The number of carbonyl (C=O) groups excluding carboxylic acids is 2.